The molecule has 1 aromatic rings. The van der Waals surface area contributed by atoms with Crippen LogP contribution in [0.5, 0.6) is 0 Å². The van der Waals surface area contributed by atoms with Crippen molar-refractivity contribution in [2.75, 3.05) is 0 Å². The molecule has 92 valence electrons. The summed E-state index contributed by atoms with van der Waals surface area (Å²) in [6.45, 7) is 3.39. The molecule has 17 heavy (non-hydrogen) atoms. The molecule has 0 aliphatic heterocycles. The molecule has 0 bridgehead atoms. The lowest BCUT2D eigenvalue weighted by Gasteiger charge is -2.14. The molecule has 0 saturated heterocycles. The van der Waals surface area contributed by atoms with Gasteiger partial charge in [0.1, 0.15) is 11.7 Å². The molecule has 0 heterocycles. The van der Waals surface area contributed by atoms with Crippen molar-refractivity contribution in [1.29, 1.82) is 0 Å². The number of halogens is 1. The predicted molar refractivity (Wildman–Crippen MR) is 61.1 cm³/mol. The summed E-state index contributed by atoms with van der Waals surface area (Å²) in [5.74, 6) is -3.08. The number of benzene rings is 1. The van der Waals surface area contributed by atoms with Gasteiger partial charge in [-0.1, -0.05) is 26.0 Å². The highest BCUT2D eigenvalue weighted by molar-refractivity contribution is 5.99. The van der Waals surface area contributed by atoms with Crippen molar-refractivity contribution in [2.45, 2.75) is 20.3 Å². The van der Waals surface area contributed by atoms with Crippen LogP contribution in [0.1, 0.15) is 19.4 Å². The van der Waals surface area contributed by atoms with Gasteiger partial charge in [0, 0.05) is 6.42 Å². The number of Topliss-reactive ketones (excluding diaryl/α,β-unsaturated/α-hetero) is 1. The monoisotopic (exact) mass is 238 g/mol. The first kappa shape index (κ1) is 13.4. The first-order valence-corrected chi connectivity index (χ1v) is 5.41. The fourth-order valence-electron chi connectivity index (χ4n) is 1.71. The van der Waals surface area contributed by atoms with Crippen molar-refractivity contribution in [3.63, 3.8) is 0 Å². The Bertz CT molecular complexity index is 409. The van der Waals surface area contributed by atoms with Crippen molar-refractivity contribution in [3.05, 3.63) is 35.6 Å². The predicted octanol–water partition coefficient (Wildman–Crippen LogP) is 2.29. The van der Waals surface area contributed by atoms with Crippen LogP contribution in [0, 0.1) is 17.7 Å². The molecule has 1 aromatic carbocycles. The topological polar surface area (TPSA) is 54.4 Å². The minimum atomic E-state index is -1.10. The lowest BCUT2D eigenvalue weighted by atomic mass is 9.88. The number of rotatable bonds is 5. The summed E-state index contributed by atoms with van der Waals surface area (Å²) in [5.41, 5.74) is 0.628. The fourth-order valence-corrected chi connectivity index (χ4v) is 1.71. The zero-order chi connectivity index (χ0) is 13.0. The van der Waals surface area contributed by atoms with E-state index in [1.807, 2.05) is 0 Å². The van der Waals surface area contributed by atoms with E-state index < -0.39 is 11.9 Å². The van der Waals surface area contributed by atoms with Gasteiger partial charge in [-0.25, -0.2) is 4.39 Å². The van der Waals surface area contributed by atoms with E-state index in [0.717, 1.165) is 0 Å². The second-order valence-corrected chi connectivity index (χ2v) is 4.33. The molecule has 1 atom stereocenters. The third-order valence-corrected chi connectivity index (χ3v) is 2.57. The zero-order valence-corrected chi connectivity index (χ0v) is 9.81. The molecule has 0 spiro atoms. The maximum atomic E-state index is 12.7. The fraction of sp³-hybridized carbons (Fsp3) is 0.385. The van der Waals surface area contributed by atoms with E-state index in [1.54, 1.807) is 13.8 Å². The minimum Gasteiger partial charge on any atom is -0.481 e. The van der Waals surface area contributed by atoms with Crippen LogP contribution in [0.2, 0.25) is 0 Å². The summed E-state index contributed by atoms with van der Waals surface area (Å²) in [5, 5.41) is 8.96. The quantitative estimate of drug-likeness (QED) is 0.801. The number of carbonyl (C=O) groups is 2. The van der Waals surface area contributed by atoms with Crippen molar-refractivity contribution in [2.24, 2.45) is 11.8 Å². The van der Waals surface area contributed by atoms with Gasteiger partial charge in [-0.2, -0.15) is 0 Å². The second-order valence-electron chi connectivity index (χ2n) is 4.33. The second kappa shape index (κ2) is 5.57. The molecule has 0 radical (unpaired) electrons. The Labute approximate surface area is 99.3 Å². The normalized spacial score (nSPS) is 12.5. The maximum absolute atomic E-state index is 12.7. The van der Waals surface area contributed by atoms with E-state index in [-0.39, 0.29) is 23.9 Å². The standard InChI is InChI=1S/C13H15FO3/c1-8(2)12(13(16)17)11(15)7-9-3-5-10(14)6-4-9/h3-6,8,12H,7H2,1-2H3,(H,16,17). The lowest BCUT2D eigenvalue weighted by molar-refractivity contribution is -0.147. The Hall–Kier alpha value is -1.71. The van der Waals surface area contributed by atoms with Crippen LogP contribution in [-0.2, 0) is 16.0 Å². The van der Waals surface area contributed by atoms with Crippen molar-refractivity contribution in [3.8, 4) is 0 Å². The van der Waals surface area contributed by atoms with Gasteiger partial charge >= 0.3 is 5.97 Å². The summed E-state index contributed by atoms with van der Waals surface area (Å²) >= 11 is 0. The third kappa shape index (κ3) is 3.66. The zero-order valence-electron chi connectivity index (χ0n) is 9.81. The first-order valence-electron chi connectivity index (χ1n) is 5.41. The molecule has 3 nitrogen and oxygen atoms in total. The van der Waals surface area contributed by atoms with Crippen LogP contribution >= 0.6 is 0 Å². The van der Waals surface area contributed by atoms with E-state index >= 15 is 0 Å². The van der Waals surface area contributed by atoms with Gasteiger partial charge < -0.3 is 5.11 Å². The summed E-state index contributed by atoms with van der Waals surface area (Å²) in [6.07, 6.45) is 0.0232. The Balaban J connectivity index is 2.77. The van der Waals surface area contributed by atoms with Crippen LogP contribution in [0.15, 0.2) is 24.3 Å². The van der Waals surface area contributed by atoms with Crippen LogP contribution in [0.25, 0.3) is 0 Å². The minimum absolute atomic E-state index is 0.0232. The molecule has 1 unspecified atom stereocenters. The highest BCUT2D eigenvalue weighted by Crippen LogP contribution is 2.15. The average molecular weight is 238 g/mol. The number of carbonyl (C=O) groups excluding carboxylic acids is 1. The van der Waals surface area contributed by atoms with Gasteiger partial charge in [0.25, 0.3) is 0 Å². The smallest absolute Gasteiger partial charge is 0.314 e. The highest BCUT2D eigenvalue weighted by Gasteiger charge is 2.28. The molecule has 0 aromatic heterocycles. The van der Waals surface area contributed by atoms with Crippen molar-refractivity contribution >= 4 is 11.8 Å². The number of carboxylic acid groups (broad SMARTS) is 1. The molecule has 1 N–H and O–H groups in total. The molecular weight excluding hydrogens is 223 g/mol. The van der Waals surface area contributed by atoms with Crippen LogP contribution < -0.4 is 0 Å². The van der Waals surface area contributed by atoms with E-state index in [4.69, 9.17) is 5.11 Å². The molecule has 0 amide bonds. The lowest BCUT2D eigenvalue weighted by Crippen LogP contribution is -2.29. The molecule has 1 rings (SSSR count). The SMILES string of the molecule is CC(C)C(C(=O)O)C(=O)Cc1ccc(F)cc1. The van der Waals surface area contributed by atoms with E-state index in [0.29, 0.717) is 5.56 Å². The van der Waals surface area contributed by atoms with E-state index in [1.165, 1.54) is 24.3 Å². The van der Waals surface area contributed by atoms with E-state index in [9.17, 15) is 14.0 Å². The van der Waals surface area contributed by atoms with E-state index in [2.05, 4.69) is 0 Å². The molecule has 0 saturated carbocycles. The van der Waals surface area contributed by atoms with Crippen LogP contribution in [0.4, 0.5) is 4.39 Å². The summed E-state index contributed by atoms with van der Waals surface area (Å²) in [7, 11) is 0. The number of ketones is 1. The number of carboxylic acids is 1. The largest absolute Gasteiger partial charge is 0.481 e. The van der Waals surface area contributed by atoms with Gasteiger partial charge in [0.2, 0.25) is 0 Å². The Morgan fingerprint density at radius 1 is 1.24 bits per heavy atom. The third-order valence-electron chi connectivity index (χ3n) is 2.57. The molecule has 0 fully saturated rings. The first-order chi connectivity index (χ1) is 7.91. The molecule has 0 aliphatic carbocycles. The van der Waals surface area contributed by atoms with Gasteiger partial charge in [-0.05, 0) is 23.6 Å². The van der Waals surface area contributed by atoms with Gasteiger partial charge in [-0.3, -0.25) is 9.59 Å². The molecule has 0 aliphatic rings. The Morgan fingerprint density at radius 3 is 2.18 bits per heavy atom. The number of aliphatic carboxylic acids is 1. The van der Waals surface area contributed by atoms with Crippen molar-refractivity contribution in [1.82, 2.24) is 0 Å². The van der Waals surface area contributed by atoms with Gasteiger partial charge in [0.05, 0.1) is 0 Å². The molecule has 4 heteroatoms. The maximum Gasteiger partial charge on any atom is 0.314 e. The van der Waals surface area contributed by atoms with Gasteiger partial charge in [-0.15, -0.1) is 0 Å². The summed E-state index contributed by atoms with van der Waals surface area (Å²) < 4.78 is 12.7. The summed E-state index contributed by atoms with van der Waals surface area (Å²) in [4.78, 5) is 22.8. The molecular formula is C13H15FO3. The average Bonchev–Trinajstić information content (AvgIpc) is 2.20. The number of hydrogen-bond donors (Lipinski definition) is 1. The number of hydrogen-bond acceptors (Lipinski definition) is 2. The highest BCUT2D eigenvalue weighted by atomic mass is 19.1. The Kier molecular flexibility index (Phi) is 4.37. The summed E-state index contributed by atoms with van der Waals surface area (Å²) in [6, 6.07) is 5.50. The Morgan fingerprint density at radius 2 is 1.76 bits per heavy atom. The van der Waals surface area contributed by atoms with Crippen LogP contribution in [0.3, 0.4) is 0 Å². The van der Waals surface area contributed by atoms with Crippen LogP contribution in [-0.4, -0.2) is 16.9 Å². The van der Waals surface area contributed by atoms with Gasteiger partial charge in [0.15, 0.2) is 5.78 Å². The van der Waals surface area contributed by atoms with Crippen molar-refractivity contribution < 1.29 is 19.1 Å².